The van der Waals surface area contributed by atoms with Crippen molar-refractivity contribution >= 4 is 17.0 Å². The number of fused-ring (bicyclic) bond motifs is 1. The minimum Gasteiger partial charge on any atom is -0.465 e. The first-order valence-electron chi connectivity index (χ1n) is 12.1. The number of aryl methyl sites for hydroxylation is 1. The third kappa shape index (κ3) is 4.97. The Kier molecular flexibility index (Phi) is 7.45. The summed E-state index contributed by atoms with van der Waals surface area (Å²) >= 11 is 0. The van der Waals surface area contributed by atoms with Gasteiger partial charge in [0.2, 0.25) is 11.7 Å². The molecule has 0 radical (unpaired) electrons. The summed E-state index contributed by atoms with van der Waals surface area (Å²) < 4.78 is 7.81. The molecule has 1 aliphatic heterocycles. The molecule has 4 rings (SSSR count). The molecular weight excluding hydrogens is 404 g/mol. The lowest BCUT2D eigenvalue weighted by atomic mass is 10.1. The number of benzene rings is 1. The maximum atomic E-state index is 11.5. The van der Waals surface area contributed by atoms with Gasteiger partial charge in [-0.3, -0.25) is 4.90 Å². The molecule has 0 unspecified atom stereocenters. The molecule has 3 heterocycles. The van der Waals surface area contributed by atoms with E-state index in [0.717, 1.165) is 30.3 Å². The number of amides is 1. The van der Waals surface area contributed by atoms with Gasteiger partial charge in [-0.15, -0.1) is 0 Å². The molecule has 1 fully saturated rings. The SMILES string of the molecule is CCCCCCCCCCn1cc(-c2noc([C@@H]3CCCN3C(=O)O)n2)c2ccccc21. The van der Waals surface area contributed by atoms with Gasteiger partial charge in [0.1, 0.15) is 6.04 Å². The average Bonchev–Trinajstić information content (AvgIpc) is 3.53. The Morgan fingerprint density at radius 3 is 2.66 bits per heavy atom. The van der Waals surface area contributed by atoms with E-state index in [9.17, 15) is 9.90 Å². The van der Waals surface area contributed by atoms with E-state index in [1.165, 1.54) is 55.4 Å². The third-order valence-electron chi connectivity index (χ3n) is 6.51. The molecule has 1 saturated heterocycles. The van der Waals surface area contributed by atoms with Gasteiger partial charge >= 0.3 is 6.09 Å². The third-order valence-corrected chi connectivity index (χ3v) is 6.51. The highest BCUT2D eigenvalue weighted by Crippen LogP contribution is 2.34. The first kappa shape index (κ1) is 22.4. The van der Waals surface area contributed by atoms with Crippen LogP contribution in [0.2, 0.25) is 0 Å². The van der Waals surface area contributed by atoms with E-state index in [2.05, 4.69) is 46.0 Å². The van der Waals surface area contributed by atoms with Crippen LogP contribution < -0.4 is 0 Å². The summed E-state index contributed by atoms with van der Waals surface area (Å²) in [5.41, 5.74) is 2.11. The number of likely N-dealkylation sites (tertiary alicyclic amines) is 1. The fourth-order valence-corrected chi connectivity index (χ4v) is 4.76. The first-order chi connectivity index (χ1) is 15.7. The summed E-state index contributed by atoms with van der Waals surface area (Å²) in [5.74, 6) is 0.919. The molecule has 1 aromatic carbocycles. The molecule has 1 N–H and O–H groups in total. The van der Waals surface area contributed by atoms with Crippen LogP contribution in [0, 0.1) is 0 Å². The van der Waals surface area contributed by atoms with Gasteiger partial charge in [-0.05, 0) is 25.3 Å². The summed E-state index contributed by atoms with van der Waals surface area (Å²) in [7, 11) is 0. The molecule has 32 heavy (non-hydrogen) atoms. The van der Waals surface area contributed by atoms with Crippen LogP contribution in [0.3, 0.4) is 0 Å². The summed E-state index contributed by atoms with van der Waals surface area (Å²) in [6, 6.07) is 7.95. The summed E-state index contributed by atoms with van der Waals surface area (Å²) in [6.45, 7) is 3.73. The number of aromatic nitrogens is 3. The standard InChI is InChI=1S/C25H34N4O3/c1-2-3-4-5-6-7-8-11-16-28-18-20(19-13-9-10-14-21(19)28)23-26-24(32-27-23)22-15-12-17-29(22)25(30)31/h9-10,13-14,18,22H,2-8,11-12,15-17H2,1H3,(H,30,31)/t22-/m0/s1. The molecule has 1 amide bonds. The van der Waals surface area contributed by atoms with Crippen molar-refractivity contribution in [1.29, 1.82) is 0 Å². The zero-order chi connectivity index (χ0) is 22.3. The lowest BCUT2D eigenvalue weighted by Crippen LogP contribution is -2.28. The molecule has 0 aliphatic carbocycles. The van der Waals surface area contributed by atoms with Gasteiger partial charge in [0, 0.05) is 35.8 Å². The molecule has 0 spiro atoms. The Bertz CT molecular complexity index is 1030. The number of hydrogen-bond donors (Lipinski definition) is 1. The molecule has 0 saturated carbocycles. The van der Waals surface area contributed by atoms with Gasteiger partial charge in [0.25, 0.3) is 0 Å². The fourth-order valence-electron chi connectivity index (χ4n) is 4.76. The van der Waals surface area contributed by atoms with Crippen LogP contribution >= 0.6 is 0 Å². The Hall–Kier alpha value is -2.83. The Morgan fingerprint density at radius 2 is 1.88 bits per heavy atom. The van der Waals surface area contributed by atoms with Crippen molar-refractivity contribution < 1.29 is 14.4 Å². The molecule has 1 aliphatic rings. The zero-order valence-corrected chi connectivity index (χ0v) is 19.0. The van der Waals surface area contributed by atoms with Gasteiger partial charge in [-0.1, -0.05) is 75.2 Å². The number of nitrogens with zero attached hydrogens (tertiary/aromatic N) is 4. The molecule has 7 nitrogen and oxygen atoms in total. The maximum absolute atomic E-state index is 11.5. The highest BCUT2D eigenvalue weighted by atomic mass is 16.5. The number of carbonyl (C=O) groups is 1. The van der Waals surface area contributed by atoms with Crippen molar-refractivity contribution in [2.75, 3.05) is 6.54 Å². The molecular formula is C25H34N4O3. The minimum atomic E-state index is -0.936. The highest BCUT2D eigenvalue weighted by Gasteiger charge is 2.34. The van der Waals surface area contributed by atoms with Crippen molar-refractivity contribution in [3.8, 4) is 11.4 Å². The predicted octanol–water partition coefficient (Wildman–Crippen LogP) is 6.65. The highest BCUT2D eigenvalue weighted by molar-refractivity contribution is 5.94. The number of unbranched alkanes of at least 4 members (excludes halogenated alkanes) is 7. The van der Waals surface area contributed by atoms with Crippen molar-refractivity contribution in [3.63, 3.8) is 0 Å². The van der Waals surface area contributed by atoms with Gasteiger partial charge in [0.05, 0.1) is 0 Å². The number of hydrogen-bond acceptors (Lipinski definition) is 4. The van der Waals surface area contributed by atoms with E-state index in [0.29, 0.717) is 24.7 Å². The van der Waals surface area contributed by atoms with E-state index >= 15 is 0 Å². The lowest BCUT2D eigenvalue weighted by Gasteiger charge is -2.17. The van der Waals surface area contributed by atoms with Crippen LogP contribution in [0.15, 0.2) is 35.0 Å². The smallest absolute Gasteiger partial charge is 0.407 e. The number of para-hydroxylation sites is 1. The largest absolute Gasteiger partial charge is 0.465 e. The van der Waals surface area contributed by atoms with Gasteiger partial charge in [-0.25, -0.2) is 4.79 Å². The average molecular weight is 439 g/mol. The van der Waals surface area contributed by atoms with E-state index < -0.39 is 6.09 Å². The zero-order valence-electron chi connectivity index (χ0n) is 19.0. The van der Waals surface area contributed by atoms with Gasteiger partial charge in [0.15, 0.2) is 0 Å². The predicted molar refractivity (Wildman–Crippen MR) is 125 cm³/mol. The summed E-state index contributed by atoms with van der Waals surface area (Å²) in [4.78, 5) is 17.5. The second kappa shape index (κ2) is 10.7. The summed E-state index contributed by atoms with van der Waals surface area (Å²) in [5, 5.41) is 14.7. The quantitative estimate of drug-likeness (QED) is 0.339. The second-order valence-corrected chi connectivity index (χ2v) is 8.82. The van der Waals surface area contributed by atoms with Gasteiger partial charge < -0.3 is 14.2 Å². The Balaban J connectivity index is 1.44. The van der Waals surface area contributed by atoms with Crippen molar-refractivity contribution in [2.45, 2.75) is 83.7 Å². The van der Waals surface area contributed by atoms with Crippen molar-refractivity contribution in [3.05, 3.63) is 36.4 Å². The molecule has 7 heteroatoms. The van der Waals surface area contributed by atoms with E-state index in [4.69, 9.17) is 4.52 Å². The van der Waals surface area contributed by atoms with Crippen LogP contribution in [-0.4, -0.2) is 37.4 Å². The van der Waals surface area contributed by atoms with Crippen LogP contribution in [0.4, 0.5) is 4.79 Å². The maximum Gasteiger partial charge on any atom is 0.407 e. The Labute approximate surface area is 189 Å². The topological polar surface area (TPSA) is 84.4 Å². The van der Waals surface area contributed by atoms with Crippen LogP contribution in [0.5, 0.6) is 0 Å². The molecule has 1 atom stereocenters. The van der Waals surface area contributed by atoms with Crippen LogP contribution in [0.1, 0.15) is 83.1 Å². The van der Waals surface area contributed by atoms with Crippen LogP contribution in [-0.2, 0) is 6.54 Å². The van der Waals surface area contributed by atoms with Crippen molar-refractivity contribution in [1.82, 2.24) is 19.6 Å². The number of carboxylic acid groups (broad SMARTS) is 1. The monoisotopic (exact) mass is 438 g/mol. The van der Waals surface area contributed by atoms with E-state index in [-0.39, 0.29) is 6.04 Å². The lowest BCUT2D eigenvalue weighted by molar-refractivity contribution is 0.131. The molecule has 172 valence electrons. The first-order valence-corrected chi connectivity index (χ1v) is 12.1. The summed E-state index contributed by atoms with van der Waals surface area (Å²) in [6.07, 6.45) is 13.1. The Morgan fingerprint density at radius 1 is 1.12 bits per heavy atom. The molecule has 2 aromatic heterocycles. The normalized spacial score (nSPS) is 16.3. The minimum absolute atomic E-state index is 0.348. The van der Waals surface area contributed by atoms with E-state index in [1.807, 2.05) is 6.07 Å². The van der Waals surface area contributed by atoms with Gasteiger partial charge in [-0.2, -0.15) is 4.98 Å². The second-order valence-electron chi connectivity index (χ2n) is 8.82. The molecule has 3 aromatic rings. The fraction of sp³-hybridized carbons (Fsp3) is 0.560. The van der Waals surface area contributed by atoms with E-state index in [1.54, 1.807) is 0 Å². The van der Waals surface area contributed by atoms with Crippen molar-refractivity contribution in [2.24, 2.45) is 0 Å². The molecule has 0 bridgehead atoms. The number of rotatable bonds is 11. The van der Waals surface area contributed by atoms with Crippen LogP contribution in [0.25, 0.3) is 22.3 Å².